The van der Waals surface area contributed by atoms with Crippen molar-refractivity contribution in [1.82, 2.24) is 24.6 Å². The highest BCUT2D eigenvalue weighted by molar-refractivity contribution is 5.15. The zero-order chi connectivity index (χ0) is 13.2. The predicted molar refractivity (Wildman–Crippen MR) is 73.7 cm³/mol. The molecule has 1 saturated carbocycles. The Bertz CT molecular complexity index is 550. The van der Waals surface area contributed by atoms with E-state index in [-0.39, 0.29) is 0 Å². The summed E-state index contributed by atoms with van der Waals surface area (Å²) in [5.74, 6) is 1.10. The molecule has 0 saturated heterocycles. The first-order chi connectivity index (χ1) is 9.22. The lowest BCUT2D eigenvalue weighted by Gasteiger charge is -2.02. The zero-order valence-corrected chi connectivity index (χ0v) is 11.6. The molecule has 2 aromatic heterocycles. The smallest absolute Gasteiger partial charge is 0.110 e. The van der Waals surface area contributed by atoms with Crippen LogP contribution in [0, 0.1) is 6.92 Å². The van der Waals surface area contributed by atoms with E-state index in [0.29, 0.717) is 0 Å². The highest BCUT2D eigenvalue weighted by Crippen LogP contribution is 2.19. The molecule has 1 aliphatic rings. The van der Waals surface area contributed by atoms with Gasteiger partial charge in [0, 0.05) is 56.8 Å². The van der Waals surface area contributed by atoms with Crippen molar-refractivity contribution in [1.29, 1.82) is 0 Å². The van der Waals surface area contributed by atoms with Crippen molar-refractivity contribution in [2.75, 3.05) is 0 Å². The van der Waals surface area contributed by atoms with Crippen LogP contribution in [0.3, 0.4) is 0 Å². The molecule has 0 amide bonds. The highest BCUT2D eigenvalue weighted by atomic mass is 15.3. The molecule has 3 rings (SSSR count). The van der Waals surface area contributed by atoms with Gasteiger partial charge in [0.2, 0.25) is 0 Å². The van der Waals surface area contributed by atoms with Gasteiger partial charge in [-0.3, -0.25) is 4.68 Å². The Morgan fingerprint density at radius 2 is 2.26 bits per heavy atom. The maximum atomic E-state index is 4.58. The van der Waals surface area contributed by atoms with Gasteiger partial charge in [-0.25, -0.2) is 4.98 Å². The van der Waals surface area contributed by atoms with Crippen LogP contribution in [-0.2, 0) is 26.6 Å². The highest BCUT2D eigenvalue weighted by Gasteiger charge is 2.20. The molecule has 1 N–H and O–H groups in total. The fourth-order valence-corrected chi connectivity index (χ4v) is 2.24. The van der Waals surface area contributed by atoms with Gasteiger partial charge in [0.05, 0.1) is 5.69 Å². The fourth-order valence-electron chi connectivity index (χ4n) is 2.24. The molecule has 19 heavy (non-hydrogen) atoms. The lowest BCUT2D eigenvalue weighted by Crippen LogP contribution is -2.15. The molecular weight excluding hydrogens is 238 g/mol. The van der Waals surface area contributed by atoms with Gasteiger partial charge in [0.15, 0.2) is 0 Å². The lowest BCUT2D eigenvalue weighted by atomic mass is 10.2. The summed E-state index contributed by atoms with van der Waals surface area (Å²) in [4.78, 5) is 4.34. The molecule has 0 unspecified atom stereocenters. The molecule has 102 valence electrons. The normalized spacial score (nSPS) is 15.1. The van der Waals surface area contributed by atoms with Crippen molar-refractivity contribution >= 4 is 0 Å². The van der Waals surface area contributed by atoms with Crippen LogP contribution < -0.4 is 5.32 Å². The fraction of sp³-hybridized carbons (Fsp3) is 0.571. The Kier molecular flexibility index (Phi) is 3.38. The van der Waals surface area contributed by atoms with Gasteiger partial charge in [0.1, 0.15) is 5.82 Å². The third kappa shape index (κ3) is 3.04. The van der Waals surface area contributed by atoms with Gasteiger partial charge >= 0.3 is 0 Å². The van der Waals surface area contributed by atoms with Crippen LogP contribution in [0.4, 0.5) is 0 Å². The summed E-state index contributed by atoms with van der Waals surface area (Å²) >= 11 is 0. The van der Waals surface area contributed by atoms with E-state index in [4.69, 9.17) is 0 Å². The Morgan fingerprint density at radius 1 is 1.42 bits per heavy atom. The van der Waals surface area contributed by atoms with Crippen molar-refractivity contribution in [3.05, 3.63) is 35.7 Å². The first-order valence-electron chi connectivity index (χ1n) is 6.95. The maximum absolute atomic E-state index is 4.58. The largest absolute Gasteiger partial charge is 0.338 e. The van der Waals surface area contributed by atoms with Crippen LogP contribution in [0.25, 0.3) is 0 Å². The van der Waals surface area contributed by atoms with E-state index >= 15 is 0 Å². The molecule has 1 aliphatic carbocycles. The molecule has 0 bridgehead atoms. The van der Waals surface area contributed by atoms with E-state index in [2.05, 4.69) is 33.1 Å². The van der Waals surface area contributed by atoms with Crippen LogP contribution >= 0.6 is 0 Å². The summed E-state index contributed by atoms with van der Waals surface area (Å²) in [7, 11) is 2.03. The molecular formula is C14H21N5. The minimum atomic E-state index is 0.746. The number of hydrogen-bond donors (Lipinski definition) is 1. The van der Waals surface area contributed by atoms with Gasteiger partial charge < -0.3 is 9.88 Å². The maximum Gasteiger partial charge on any atom is 0.110 e. The summed E-state index contributed by atoms with van der Waals surface area (Å²) in [6.45, 7) is 3.91. The van der Waals surface area contributed by atoms with Crippen LogP contribution in [0.5, 0.6) is 0 Å². The van der Waals surface area contributed by atoms with E-state index in [0.717, 1.165) is 37.1 Å². The van der Waals surface area contributed by atoms with Gasteiger partial charge in [-0.05, 0) is 19.8 Å². The molecule has 0 spiro atoms. The minimum Gasteiger partial charge on any atom is -0.338 e. The Balaban J connectivity index is 1.58. The van der Waals surface area contributed by atoms with Crippen molar-refractivity contribution in [3.63, 3.8) is 0 Å². The number of nitrogens with zero attached hydrogens (tertiary/aromatic N) is 4. The molecule has 0 aromatic carbocycles. The van der Waals surface area contributed by atoms with Crippen molar-refractivity contribution in [3.8, 4) is 0 Å². The predicted octanol–water partition coefficient (Wildman–Crippen LogP) is 1.42. The Morgan fingerprint density at radius 3 is 2.95 bits per heavy atom. The molecule has 1 fully saturated rings. The first-order valence-corrected chi connectivity index (χ1v) is 6.95. The number of rotatable bonds is 6. The number of aryl methyl sites for hydroxylation is 4. The van der Waals surface area contributed by atoms with Crippen molar-refractivity contribution in [2.45, 2.75) is 45.3 Å². The molecule has 2 aromatic rings. The third-order valence-electron chi connectivity index (χ3n) is 3.69. The van der Waals surface area contributed by atoms with E-state index in [1.54, 1.807) is 0 Å². The third-order valence-corrected chi connectivity index (χ3v) is 3.69. The standard InChI is InChI=1S/C14H21N5/c1-11-12(9-16-13-3-4-13)10-19(17-11)7-5-14-15-6-8-18(14)2/h6,8,10,13,16H,3-5,7,9H2,1-2H3. The van der Waals surface area contributed by atoms with Crippen molar-refractivity contribution < 1.29 is 0 Å². The molecule has 0 atom stereocenters. The molecule has 0 aliphatic heterocycles. The summed E-state index contributed by atoms with van der Waals surface area (Å²) in [6, 6.07) is 0.746. The topological polar surface area (TPSA) is 47.7 Å². The molecule has 5 heteroatoms. The lowest BCUT2D eigenvalue weighted by molar-refractivity contribution is 0.585. The Labute approximate surface area is 113 Å². The second kappa shape index (κ2) is 5.17. The minimum absolute atomic E-state index is 0.746. The van der Waals surface area contributed by atoms with Gasteiger partial charge in [-0.15, -0.1) is 0 Å². The van der Waals surface area contributed by atoms with Gasteiger partial charge in [-0.1, -0.05) is 0 Å². The molecule has 2 heterocycles. The average molecular weight is 259 g/mol. The van der Waals surface area contributed by atoms with Crippen LogP contribution in [-0.4, -0.2) is 25.4 Å². The van der Waals surface area contributed by atoms with Gasteiger partial charge in [0.25, 0.3) is 0 Å². The monoisotopic (exact) mass is 259 g/mol. The van der Waals surface area contributed by atoms with Crippen LogP contribution in [0.15, 0.2) is 18.6 Å². The average Bonchev–Trinajstić information content (AvgIpc) is 3.03. The molecule has 5 nitrogen and oxygen atoms in total. The van der Waals surface area contributed by atoms with Crippen LogP contribution in [0.1, 0.15) is 29.9 Å². The summed E-state index contributed by atoms with van der Waals surface area (Å²) in [6.07, 6.45) is 9.55. The Hall–Kier alpha value is -1.62. The summed E-state index contributed by atoms with van der Waals surface area (Å²) in [5.41, 5.74) is 2.44. The van der Waals surface area contributed by atoms with E-state index in [9.17, 15) is 0 Å². The number of hydrogen-bond acceptors (Lipinski definition) is 3. The second-order valence-electron chi connectivity index (χ2n) is 5.36. The van der Waals surface area contributed by atoms with Gasteiger partial charge in [-0.2, -0.15) is 5.10 Å². The number of imidazole rings is 1. The summed E-state index contributed by atoms with van der Waals surface area (Å²) in [5, 5.41) is 8.11. The number of nitrogens with one attached hydrogen (secondary N) is 1. The first kappa shape index (κ1) is 12.4. The summed E-state index contributed by atoms with van der Waals surface area (Å²) < 4.78 is 4.10. The number of aromatic nitrogens is 4. The SMILES string of the molecule is Cc1nn(CCc2nccn2C)cc1CNC1CC1. The van der Waals surface area contributed by atoms with Crippen LogP contribution in [0.2, 0.25) is 0 Å². The second-order valence-corrected chi connectivity index (χ2v) is 5.36. The van der Waals surface area contributed by atoms with E-state index < -0.39 is 0 Å². The molecule has 0 radical (unpaired) electrons. The zero-order valence-electron chi connectivity index (χ0n) is 11.6. The van der Waals surface area contributed by atoms with Crippen molar-refractivity contribution in [2.24, 2.45) is 7.05 Å². The van der Waals surface area contributed by atoms with E-state index in [1.165, 1.54) is 18.4 Å². The quantitative estimate of drug-likeness (QED) is 0.853. The van der Waals surface area contributed by atoms with E-state index in [1.807, 2.05) is 24.1 Å².